The Morgan fingerprint density at radius 3 is 2.69 bits per heavy atom. The monoisotopic (exact) mass is 244 g/mol. The Labute approximate surface area is 102 Å². The van der Waals surface area contributed by atoms with E-state index in [2.05, 4.69) is 17.5 Å². The number of morpholine rings is 1. The number of carbonyl (C=O) groups excluding carboxylic acids is 1. The number of ether oxygens (including phenoxy) is 1. The molecule has 2 rings (SSSR count). The summed E-state index contributed by atoms with van der Waals surface area (Å²) in [5.41, 5.74) is 0. The van der Waals surface area contributed by atoms with Crippen molar-refractivity contribution >= 4 is 18.5 Å². The Morgan fingerprint density at radius 1 is 1.31 bits per heavy atom. The largest absolute Gasteiger partial charge is 0.379 e. The third-order valence-electron chi connectivity index (χ3n) is 3.34. The van der Waals surface area contributed by atoms with Crippen molar-refractivity contribution in [3.05, 3.63) is 0 Å². The van der Waals surface area contributed by atoms with Gasteiger partial charge >= 0.3 is 0 Å². The molecule has 0 aromatic rings. The molecule has 5 heteroatoms. The zero-order chi connectivity index (χ0) is 11.4. The number of likely N-dealkylation sites (tertiary alicyclic amines) is 1. The summed E-state index contributed by atoms with van der Waals surface area (Å²) in [5, 5.41) is 0. The molecule has 1 atom stereocenters. The van der Waals surface area contributed by atoms with Crippen LogP contribution in [0, 0.1) is 5.92 Å². The zero-order valence-corrected chi connectivity index (χ0v) is 10.5. The molecule has 1 unspecified atom stereocenters. The van der Waals surface area contributed by atoms with Crippen molar-refractivity contribution in [2.45, 2.75) is 6.42 Å². The Balaban J connectivity index is 1.71. The molecule has 0 radical (unpaired) electrons. The van der Waals surface area contributed by atoms with Gasteiger partial charge < -0.3 is 9.64 Å². The van der Waals surface area contributed by atoms with E-state index >= 15 is 0 Å². The molecule has 2 aliphatic heterocycles. The summed E-state index contributed by atoms with van der Waals surface area (Å²) in [7, 11) is 0. The van der Waals surface area contributed by atoms with Gasteiger partial charge in [-0.3, -0.25) is 9.69 Å². The van der Waals surface area contributed by atoms with Gasteiger partial charge in [-0.05, 0) is 11.7 Å². The molecule has 0 aromatic heterocycles. The fourth-order valence-electron chi connectivity index (χ4n) is 2.28. The first-order valence-corrected chi connectivity index (χ1v) is 6.61. The van der Waals surface area contributed by atoms with Crippen LogP contribution in [0.5, 0.6) is 0 Å². The molecule has 1 amide bonds. The zero-order valence-electron chi connectivity index (χ0n) is 9.60. The first kappa shape index (κ1) is 12.2. The number of hydrogen-bond acceptors (Lipinski definition) is 4. The van der Waals surface area contributed by atoms with E-state index in [4.69, 9.17) is 4.74 Å². The lowest BCUT2D eigenvalue weighted by Gasteiger charge is -2.28. The lowest BCUT2D eigenvalue weighted by molar-refractivity contribution is -0.128. The second-order valence-electron chi connectivity index (χ2n) is 4.55. The maximum atomic E-state index is 11.7. The highest BCUT2D eigenvalue weighted by atomic mass is 32.1. The summed E-state index contributed by atoms with van der Waals surface area (Å²) in [4.78, 5) is 16.0. The van der Waals surface area contributed by atoms with Crippen LogP contribution in [0.15, 0.2) is 0 Å². The van der Waals surface area contributed by atoms with Gasteiger partial charge in [0, 0.05) is 39.1 Å². The number of amides is 1. The van der Waals surface area contributed by atoms with Crippen molar-refractivity contribution in [3.8, 4) is 0 Å². The normalized spacial score (nSPS) is 27.7. The lowest BCUT2D eigenvalue weighted by atomic mass is 10.1. The topological polar surface area (TPSA) is 32.8 Å². The minimum Gasteiger partial charge on any atom is -0.379 e. The minimum atomic E-state index is 0.298. The molecule has 2 saturated heterocycles. The maximum absolute atomic E-state index is 11.7. The summed E-state index contributed by atoms with van der Waals surface area (Å²) in [6, 6.07) is 0. The number of thiol groups is 1. The van der Waals surface area contributed by atoms with Crippen molar-refractivity contribution in [1.82, 2.24) is 9.80 Å². The van der Waals surface area contributed by atoms with Gasteiger partial charge in [0.05, 0.1) is 13.2 Å². The van der Waals surface area contributed by atoms with E-state index in [1.807, 2.05) is 4.90 Å². The minimum absolute atomic E-state index is 0.298. The molecule has 2 fully saturated rings. The van der Waals surface area contributed by atoms with Gasteiger partial charge in [-0.1, -0.05) is 0 Å². The summed E-state index contributed by atoms with van der Waals surface area (Å²) in [6.07, 6.45) is 0.687. The van der Waals surface area contributed by atoms with Gasteiger partial charge in [0.25, 0.3) is 0 Å². The summed E-state index contributed by atoms with van der Waals surface area (Å²) in [5.74, 6) is 1.58. The molecule has 0 spiro atoms. The van der Waals surface area contributed by atoms with E-state index in [1.54, 1.807) is 0 Å². The third-order valence-corrected chi connectivity index (χ3v) is 3.86. The number of nitrogens with zero attached hydrogens (tertiary/aromatic N) is 2. The third kappa shape index (κ3) is 3.12. The van der Waals surface area contributed by atoms with Crippen LogP contribution in [0.4, 0.5) is 0 Å². The number of rotatable bonds is 4. The number of hydrogen-bond donors (Lipinski definition) is 1. The predicted octanol–water partition coefficient (Wildman–Crippen LogP) is 0.0969. The Bertz CT molecular complexity index is 244. The molecular formula is C11H20N2O2S. The standard InChI is InChI=1S/C11H20N2O2S/c14-11-7-10(9-16)8-13(11)2-1-12-3-5-15-6-4-12/h10,16H,1-9H2. The highest BCUT2D eigenvalue weighted by Crippen LogP contribution is 2.18. The van der Waals surface area contributed by atoms with Crippen LogP contribution in [-0.2, 0) is 9.53 Å². The molecular weight excluding hydrogens is 224 g/mol. The van der Waals surface area contributed by atoms with Gasteiger partial charge in [0.15, 0.2) is 0 Å². The van der Waals surface area contributed by atoms with Crippen LogP contribution in [0.3, 0.4) is 0 Å². The van der Waals surface area contributed by atoms with Gasteiger partial charge in [-0.25, -0.2) is 0 Å². The van der Waals surface area contributed by atoms with Crippen molar-refractivity contribution in [1.29, 1.82) is 0 Å². The van der Waals surface area contributed by atoms with Crippen molar-refractivity contribution < 1.29 is 9.53 Å². The van der Waals surface area contributed by atoms with Crippen molar-refractivity contribution in [3.63, 3.8) is 0 Å². The van der Waals surface area contributed by atoms with E-state index in [1.165, 1.54) is 0 Å². The Morgan fingerprint density at radius 2 is 2.06 bits per heavy atom. The molecule has 92 valence electrons. The van der Waals surface area contributed by atoms with Crippen LogP contribution in [0.25, 0.3) is 0 Å². The molecule has 0 N–H and O–H groups in total. The average Bonchev–Trinajstić information content (AvgIpc) is 2.69. The first-order chi connectivity index (χ1) is 7.79. The molecule has 0 aromatic carbocycles. The Hall–Kier alpha value is -0.260. The quantitative estimate of drug-likeness (QED) is 0.712. The second kappa shape index (κ2) is 5.89. The van der Waals surface area contributed by atoms with E-state index in [0.717, 1.165) is 51.7 Å². The maximum Gasteiger partial charge on any atom is 0.222 e. The molecule has 0 aliphatic carbocycles. The fourth-order valence-corrected chi connectivity index (χ4v) is 2.52. The molecule has 0 saturated carbocycles. The van der Waals surface area contributed by atoms with E-state index in [9.17, 15) is 4.79 Å². The Kier molecular flexibility index (Phi) is 4.49. The number of carbonyl (C=O) groups is 1. The molecule has 2 aliphatic rings. The average molecular weight is 244 g/mol. The van der Waals surface area contributed by atoms with E-state index in [0.29, 0.717) is 18.2 Å². The fraction of sp³-hybridized carbons (Fsp3) is 0.909. The van der Waals surface area contributed by atoms with Crippen LogP contribution in [-0.4, -0.2) is 67.4 Å². The molecule has 16 heavy (non-hydrogen) atoms. The van der Waals surface area contributed by atoms with Gasteiger partial charge in [-0.2, -0.15) is 12.6 Å². The van der Waals surface area contributed by atoms with Crippen LogP contribution in [0.2, 0.25) is 0 Å². The molecule has 4 nitrogen and oxygen atoms in total. The summed E-state index contributed by atoms with van der Waals surface area (Å²) >= 11 is 4.26. The van der Waals surface area contributed by atoms with Gasteiger partial charge in [0.1, 0.15) is 0 Å². The molecule has 2 heterocycles. The second-order valence-corrected chi connectivity index (χ2v) is 4.91. The van der Waals surface area contributed by atoms with Crippen LogP contribution < -0.4 is 0 Å². The van der Waals surface area contributed by atoms with Gasteiger partial charge in [-0.15, -0.1) is 0 Å². The summed E-state index contributed by atoms with van der Waals surface area (Å²) in [6.45, 7) is 6.39. The van der Waals surface area contributed by atoms with Crippen LogP contribution in [0.1, 0.15) is 6.42 Å². The first-order valence-electron chi connectivity index (χ1n) is 5.98. The van der Waals surface area contributed by atoms with Crippen LogP contribution >= 0.6 is 12.6 Å². The smallest absolute Gasteiger partial charge is 0.222 e. The molecule has 0 bridgehead atoms. The van der Waals surface area contributed by atoms with Gasteiger partial charge in [0.2, 0.25) is 5.91 Å². The lowest BCUT2D eigenvalue weighted by Crippen LogP contribution is -2.41. The SMILES string of the molecule is O=C1CC(CS)CN1CCN1CCOCC1. The van der Waals surface area contributed by atoms with Crippen molar-refractivity contribution in [2.75, 3.05) is 51.7 Å². The highest BCUT2D eigenvalue weighted by Gasteiger charge is 2.28. The summed E-state index contributed by atoms with van der Waals surface area (Å²) < 4.78 is 5.29. The van der Waals surface area contributed by atoms with Crippen molar-refractivity contribution in [2.24, 2.45) is 5.92 Å². The highest BCUT2D eigenvalue weighted by molar-refractivity contribution is 7.80. The van der Waals surface area contributed by atoms with E-state index in [-0.39, 0.29) is 0 Å². The predicted molar refractivity (Wildman–Crippen MR) is 65.8 cm³/mol. The van der Waals surface area contributed by atoms with E-state index < -0.39 is 0 Å².